The maximum Gasteiger partial charge on any atom is 0.161 e. The van der Waals surface area contributed by atoms with Crippen molar-refractivity contribution >= 4 is 17.2 Å². The molecule has 0 saturated carbocycles. The maximum atomic E-state index is 5.77. The van der Waals surface area contributed by atoms with Gasteiger partial charge in [0.2, 0.25) is 0 Å². The summed E-state index contributed by atoms with van der Waals surface area (Å²) in [7, 11) is 0. The van der Waals surface area contributed by atoms with Crippen LogP contribution in [-0.4, -0.2) is 48.4 Å². The van der Waals surface area contributed by atoms with Crippen LogP contribution in [0.2, 0.25) is 0 Å². The molecule has 0 amide bonds. The number of morpholine rings is 1. The number of hydrogen-bond donors (Lipinski definition) is 0. The summed E-state index contributed by atoms with van der Waals surface area (Å²) in [5.74, 6) is 1.51. The Morgan fingerprint density at radius 3 is 2.32 bits per heavy atom. The molecule has 2 atom stereocenters. The van der Waals surface area contributed by atoms with Gasteiger partial charge in [-0.1, -0.05) is 12.2 Å². The highest BCUT2D eigenvalue weighted by Crippen LogP contribution is 2.29. The monoisotopic (exact) mass is 323 g/mol. The van der Waals surface area contributed by atoms with Gasteiger partial charge in [0.25, 0.3) is 0 Å². The minimum Gasteiger partial charge on any atom is -0.490 e. The summed E-state index contributed by atoms with van der Waals surface area (Å²) in [6.45, 7) is 10.9. The van der Waals surface area contributed by atoms with Gasteiger partial charge < -0.3 is 19.1 Å². The third kappa shape index (κ3) is 4.11. The van der Waals surface area contributed by atoms with Crippen molar-refractivity contribution in [2.45, 2.75) is 39.9 Å². The topological polar surface area (TPSA) is 30.9 Å². The molecule has 0 bridgehead atoms. The second kappa shape index (κ2) is 7.79. The normalized spacial score (nSPS) is 21.5. The van der Waals surface area contributed by atoms with Gasteiger partial charge in [-0.3, -0.25) is 0 Å². The number of hydrogen-bond acceptors (Lipinski definition) is 4. The number of thiocarbonyl (C=S) groups is 1. The third-order valence-electron chi connectivity index (χ3n) is 3.50. The van der Waals surface area contributed by atoms with Crippen molar-refractivity contribution in [1.82, 2.24) is 4.90 Å². The molecule has 0 unspecified atom stereocenters. The van der Waals surface area contributed by atoms with Crippen LogP contribution >= 0.6 is 12.2 Å². The molecular formula is C17H25NO3S. The largest absolute Gasteiger partial charge is 0.490 e. The molecule has 1 saturated heterocycles. The third-order valence-corrected chi connectivity index (χ3v) is 3.99. The predicted octanol–water partition coefficient (Wildman–Crippen LogP) is 3.27. The fraction of sp³-hybridized carbons (Fsp3) is 0.588. The van der Waals surface area contributed by atoms with Crippen molar-refractivity contribution in [3.05, 3.63) is 23.8 Å². The van der Waals surface area contributed by atoms with Crippen molar-refractivity contribution < 1.29 is 14.2 Å². The average molecular weight is 323 g/mol. The average Bonchev–Trinajstić information content (AvgIpc) is 2.48. The highest BCUT2D eigenvalue weighted by Gasteiger charge is 2.25. The van der Waals surface area contributed by atoms with Gasteiger partial charge in [-0.25, -0.2) is 0 Å². The summed E-state index contributed by atoms with van der Waals surface area (Å²) < 4.78 is 17.1. The van der Waals surface area contributed by atoms with Gasteiger partial charge in [0.05, 0.1) is 25.4 Å². The van der Waals surface area contributed by atoms with Crippen LogP contribution in [0, 0.1) is 0 Å². The lowest BCUT2D eigenvalue weighted by molar-refractivity contribution is -0.0472. The van der Waals surface area contributed by atoms with Crippen LogP contribution in [0.5, 0.6) is 11.5 Å². The summed E-state index contributed by atoms with van der Waals surface area (Å²) in [4.78, 5) is 3.05. The highest BCUT2D eigenvalue weighted by atomic mass is 32.1. The predicted molar refractivity (Wildman–Crippen MR) is 92.1 cm³/mol. The molecule has 0 N–H and O–H groups in total. The molecule has 1 aromatic carbocycles. The zero-order valence-corrected chi connectivity index (χ0v) is 14.6. The molecule has 122 valence electrons. The van der Waals surface area contributed by atoms with Gasteiger partial charge >= 0.3 is 0 Å². The number of nitrogens with zero attached hydrogens (tertiary/aromatic N) is 1. The van der Waals surface area contributed by atoms with Crippen LogP contribution in [0.1, 0.15) is 33.3 Å². The molecule has 0 aromatic heterocycles. The number of ether oxygens (including phenoxy) is 3. The van der Waals surface area contributed by atoms with Crippen molar-refractivity contribution in [3.63, 3.8) is 0 Å². The Hall–Kier alpha value is -1.33. The Morgan fingerprint density at radius 1 is 1.14 bits per heavy atom. The molecule has 22 heavy (non-hydrogen) atoms. The molecule has 1 aromatic rings. The van der Waals surface area contributed by atoms with Gasteiger partial charge in [-0.2, -0.15) is 0 Å². The van der Waals surface area contributed by atoms with E-state index >= 15 is 0 Å². The van der Waals surface area contributed by atoms with E-state index < -0.39 is 0 Å². The van der Waals surface area contributed by atoms with Crippen LogP contribution in [0.25, 0.3) is 0 Å². The van der Waals surface area contributed by atoms with E-state index in [0.717, 1.165) is 35.1 Å². The second-order valence-electron chi connectivity index (χ2n) is 5.49. The fourth-order valence-corrected chi connectivity index (χ4v) is 2.99. The van der Waals surface area contributed by atoms with Crippen LogP contribution in [0.4, 0.5) is 0 Å². The van der Waals surface area contributed by atoms with Crippen LogP contribution in [0.3, 0.4) is 0 Å². The van der Waals surface area contributed by atoms with E-state index in [-0.39, 0.29) is 12.2 Å². The molecule has 0 spiro atoms. The quantitative estimate of drug-likeness (QED) is 0.776. The van der Waals surface area contributed by atoms with Gasteiger partial charge in [0.15, 0.2) is 11.5 Å². The first-order chi connectivity index (χ1) is 10.5. The molecule has 1 heterocycles. The van der Waals surface area contributed by atoms with Gasteiger partial charge in [0, 0.05) is 18.7 Å². The first-order valence-corrected chi connectivity index (χ1v) is 8.30. The number of rotatable bonds is 5. The Bertz CT molecular complexity index is 511. The van der Waals surface area contributed by atoms with Crippen LogP contribution in [0.15, 0.2) is 18.2 Å². The van der Waals surface area contributed by atoms with Crippen LogP contribution < -0.4 is 9.47 Å². The van der Waals surface area contributed by atoms with Gasteiger partial charge in [0.1, 0.15) is 4.99 Å². The van der Waals surface area contributed by atoms with E-state index in [9.17, 15) is 0 Å². The summed E-state index contributed by atoms with van der Waals surface area (Å²) in [5.41, 5.74) is 0.989. The Labute approximate surface area is 138 Å². The minimum absolute atomic E-state index is 0.191. The first kappa shape index (κ1) is 17.0. The summed E-state index contributed by atoms with van der Waals surface area (Å²) in [5, 5.41) is 0. The van der Waals surface area contributed by atoms with E-state index in [1.54, 1.807) is 0 Å². The molecule has 1 fully saturated rings. The van der Waals surface area contributed by atoms with E-state index in [1.165, 1.54) is 0 Å². The minimum atomic E-state index is 0.191. The Kier molecular flexibility index (Phi) is 6.03. The van der Waals surface area contributed by atoms with E-state index in [1.807, 2.05) is 32.0 Å². The maximum absolute atomic E-state index is 5.77. The molecule has 5 heteroatoms. The van der Waals surface area contributed by atoms with Crippen molar-refractivity contribution in [2.75, 3.05) is 26.3 Å². The smallest absolute Gasteiger partial charge is 0.161 e. The Morgan fingerprint density at radius 2 is 1.73 bits per heavy atom. The molecule has 1 aliphatic heterocycles. The molecule has 4 nitrogen and oxygen atoms in total. The fourth-order valence-electron chi connectivity index (χ4n) is 2.71. The summed E-state index contributed by atoms with van der Waals surface area (Å²) in [6, 6.07) is 5.91. The highest BCUT2D eigenvalue weighted by molar-refractivity contribution is 7.80. The van der Waals surface area contributed by atoms with Crippen molar-refractivity contribution in [2.24, 2.45) is 0 Å². The SMILES string of the molecule is CCOc1ccc(C(=S)N2C[C@@H](C)O[C@@H](C)C2)cc1OCC. The lowest BCUT2D eigenvalue weighted by Gasteiger charge is -2.37. The summed E-state index contributed by atoms with van der Waals surface area (Å²) >= 11 is 5.67. The van der Waals surface area contributed by atoms with E-state index in [0.29, 0.717) is 13.2 Å². The van der Waals surface area contributed by atoms with Crippen LogP contribution in [-0.2, 0) is 4.74 Å². The second-order valence-corrected chi connectivity index (χ2v) is 5.88. The van der Waals surface area contributed by atoms with E-state index in [2.05, 4.69) is 18.7 Å². The molecule has 0 aliphatic carbocycles. The van der Waals surface area contributed by atoms with E-state index in [4.69, 9.17) is 26.4 Å². The summed E-state index contributed by atoms with van der Waals surface area (Å²) in [6.07, 6.45) is 0.381. The zero-order valence-electron chi connectivity index (χ0n) is 13.8. The zero-order chi connectivity index (χ0) is 16.1. The lowest BCUT2D eigenvalue weighted by Crippen LogP contribution is -2.47. The Balaban J connectivity index is 2.20. The van der Waals surface area contributed by atoms with Crippen molar-refractivity contribution in [1.29, 1.82) is 0 Å². The van der Waals surface area contributed by atoms with Crippen molar-refractivity contribution in [3.8, 4) is 11.5 Å². The van der Waals surface area contributed by atoms with Gasteiger partial charge in [-0.15, -0.1) is 0 Å². The molecule has 1 aliphatic rings. The number of benzene rings is 1. The molecular weight excluding hydrogens is 298 g/mol. The standard InChI is InChI=1S/C17H25NO3S/c1-5-19-15-8-7-14(9-16(15)20-6-2)17(22)18-10-12(3)21-13(4)11-18/h7-9,12-13H,5-6,10-11H2,1-4H3/t12-,13+. The van der Waals surface area contributed by atoms with Gasteiger partial charge in [-0.05, 0) is 45.9 Å². The molecule has 0 radical (unpaired) electrons. The lowest BCUT2D eigenvalue weighted by atomic mass is 10.1. The first-order valence-electron chi connectivity index (χ1n) is 7.89. The molecule has 2 rings (SSSR count).